The molecule has 0 aliphatic heterocycles. The van der Waals surface area contributed by atoms with Gasteiger partial charge in [-0.1, -0.05) is 26.0 Å². The lowest BCUT2D eigenvalue weighted by molar-refractivity contribution is -0.128. The first-order valence-electron chi connectivity index (χ1n) is 9.86. The molecule has 0 aromatic heterocycles. The first kappa shape index (κ1) is 25.7. The molecule has 11 nitrogen and oxygen atoms in total. The van der Waals surface area contributed by atoms with Crippen molar-refractivity contribution in [1.82, 2.24) is 16.0 Å². The number of amides is 5. The lowest BCUT2D eigenvalue weighted by atomic mass is 10.0. The van der Waals surface area contributed by atoms with Gasteiger partial charge in [-0.05, 0) is 36.5 Å². The van der Waals surface area contributed by atoms with Crippen molar-refractivity contribution in [3.63, 3.8) is 0 Å². The van der Waals surface area contributed by atoms with Crippen LogP contribution in [0.5, 0.6) is 0 Å². The summed E-state index contributed by atoms with van der Waals surface area (Å²) in [6, 6.07) is 4.07. The number of carbonyl (C=O) groups is 4. The predicted molar refractivity (Wildman–Crippen MR) is 114 cm³/mol. The minimum absolute atomic E-state index is 0.121. The molecule has 5 amide bonds. The van der Waals surface area contributed by atoms with Crippen LogP contribution in [0.3, 0.4) is 0 Å². The maximum Gasteiger partial charge on any atom is 0.407 e. The van der Waals surface area contributed by atoms with Gasteiger partial charge >= 0.3 is 12.1 Å². The fraction of sp³-hybridized carbons (Fsp3) is 0.500. The normalized spacial score (nSPS) is 12.4. The van der Waals surface area contributed by atoms with Crippen molar-refractivity contribution in [2.45, 2.75) is 45.4 Å². The van der Waals surface area contributed by atoms with Crippen LogP contribution in [0, 0.1) is 5.92 Å². The Labute approximate surface area is 181 Å². The third kappa shape index (κ3) is 9.34. The average molecular weight is 437 g/mol. The van der Waals surface area contributed by atoms with E-state index in [2.05, 4.69) is 26.0 Å². The van der Waals surface area contributed by atoms with Crippen LogP contribution in [0.25, 0.3) is 0 Å². The molecule has 0 spiro atoms. The number of alkyl carbamates (subject to hydrolysis) is 1. The molecule has 7 N–H and O–H groups in total. The highest BCUT2D eigenvalue weighted by atomic mass is 16.5. The number of nitrogens with two attached hydrogens (primary N) is 1. The van der Waals surface area contributed by atoms with Crippen LogP contribution >= 0.6 is 0 Å². The predicted octanol–water partition coefficient (Wildman–Crippen LogP) is 0.431. The monoisotopic (exact) mass is 437 g/mol. The van der Waals surface area contributed by atoms with E-state index in [4.69, 9.17) is 10.8 Å². The summed E-state index contributed by atoms with van der Waals surface area (Å²) in [5.74, 6) is -1.27. The Balaban J connectivity index is 2.89. The smallest absolute Gasteiger partial charge is 0.407 e. The molecule has 31 heavy (non-hydrogen) atoms. The van der Waals surface area contributed by atoms with E-state index in [0.29, 0.717) is 17.7 Å². The van der Waals surface area contributed by atoms with Gasteiger partial charge in [-0.2, -0.15) is 0 Å². The zero-order valence-corrected chi connectivity index (χ0v) is 17.9. The van der Waals surface area contributed by atoms with Crippen molar-refractivity contribution in [2.75, 3.05) is 19.0 Å². The van der Waals surface area contributed by atoms with Gasteiger partial charge in [0, 0.05) is 12.2 Å². The molecular formula is C20H31N5O6. The third-order valence-electron chi connectivity index (χ3n) is 4.41. The van der Waals surface area contributed by atoms with Gasteiger partial charge in [0.1, 0.15) is 12.1 Å². The van der Waals surface area contributed by atoms with Gasteiger partial charge in [0.15, 0.2) is 0 Å². The van der Waals surface area contributed by atoms with Gasteiger partial charge in [-0.15, -0.1) is 0 Å². The number of rotatable bonds is 11. The number of primary amides is 1. The molecular weight excluding hydrogens is 406 g/mol. The molecule has 0 radical (unpaired) electrons. The number of nitrogens with one attached hydrogen (secondary N) is 4. The Kier molecular flexibility index (Phi) is 10.8. The Morgan fingerprint density at radius 1 is 1.06 bits per heavy atom. The second kappa shape index (κ2) is 13.1. The van der Waals surface area contributed by atoms with Gasteiger partial charge < -0.3 is 36.8 Å². The lowest BCUT2D eigenvalue weighted by Crippen LogP contribution is -2.54. The Morgan fingerprint density at radius 3 is 2.23 bits per heavy atom. The quantitative estimate of drug-likeness (QED) is 0.274. The molecule has 0 saturated heterocycles. The topological polar surface area (TPSA) is 172 Å². The highest BCUT2D eigenvalue weighted by Crippen LogP contribution is 2.12. The number of hydrogen-bond donors (Lipinski definition) is 6. The van der Waals surface area contributed by atoms with Crippen LogP contribution in [0.2, 0.25) is 0 Å². The van der Waals surface area contributed by atoms with Crippen LogP contribution < -0.4 is 27.0 Å². The van der Waals surface area contributed by atoms with Crippen molar-refractivity contribution in [3.05, 3.63) is 29.8 Å². The number of urea groups is 1. The van der Waals surface area contributed by atoms with Crippen LogP contribution in [-0.2, 0) is 20.9 Å². The second-order valence-electron chi connectivity index (χ2n) is 7.20. The molecule has 2 atom stereocenters. The van der Waals surface area contributed by atoms with Crippen LogP contribution in [0.15, 0.2) is 24.3 Å². The molecule has 2 unspecified atom stereocenters. The summed E-state index contributed by atoms with van der Waals surface area (Å²) in [7, 11) is 1.19. The summed E-state index contributed by atoms with van der Waals surface area (Å²) >= 11 is 0. The standard InChI is InChI=1S/C20H31N5O6/c1-12(2)16(25-20(30)31-3)18(28)24-15(5-4-10-22-19(21)29)17(27)23-14-8-6-13(11-26)7-9-14/h6-9,12,15-16,26H,4-5,10-11H2,1-3H3,(H,23,27)(H,24,28)(H,25,30)(H3,21,22,29). The zero-order valence-electron chi connectivity index (χ0n) is 17.9. The molecule has 172 valence electrons. The Morgan fingerprint density at radius 2 is 1.71 bits per heavy atom. The minimum atomic E-state index is -0.930. The number of aliphatic hydroxyl groups is 1. The fourth-order valence-corrected chi connectivity index (χ4v) is 2.69. The van der Waals surface area contributed by atoms with Crippen molar-refractivity contribution < 1.29 is 29.0 Å². The van der Waals surface area contributed by atoms with E-state index < -0.39 is 36.0 Å². The number of aliphatic hydroxyl groups excluding tert-OH is 1. The summed E-state index contributed by atoms with van der Waals surface area (Å²) in [5, 5.41) is 19.4. The number of carbonyl (C=O) groups excluding carboxylic acids is 4. The third-order valence-corrected chi connectivity index (χ3v) is 4.41. The van der Waals surface area contributed by atoms with Crippen molar-refractivity contribution >= 4 is 29.6 Å². The van der Waals surface area contributed by atoms with Crippen molar-refractivity contribution in [3.8, 4) is 0 Å². The maximum absolute atomic E-state index is 12.8. The van der Waals surface area contributed by atoms with E-state index in [-0.39, 0.29) is 25.5 Å². The van der Waals surface area contributed by atoms with Crippen molar-refractivity contribution in [2.24, 2.45) is 11.7 Å². The van der Waals surface area contributed by atoms with Gasteiger partial charge in [0.25, 0.3) is 0 Å². The number of ether oxygens (including phenoxy) is 1. The summed E-state index contributed by atoms with van der Waals surface area (Å²) in [6.07, 6.45) is -0.165. The first-order valence-corrected chi connectivity index (χ1v) is 9.86. The molecule has 0 saturated carbocycles. The molecule has 0 bridgehead atoms. The van der Waals surface area contributed by atoms with E-state index >= 15 is 0 Å². The van der Waals surface area contributed by atoms with Gasteiger partial charge in [-0.25, -0.2) is 9.59 Å². The Hall–Kier alpha value is -3.34. The lowest BCUT2D eigenvalue weighted by Gasteiger charge is -2.25. The highest BCUT2D eigenvalue weighted by molar-refractivity contribution is 5.98. The second-order valence-corrected chi connectivity index (χ2v) is 7.20. The van der Waals surface area contributed by atoms with Gasteiger partial charge in [0.2, 0.25) is 11.8 Å². The SMILES string of the molecule is COC(=O)NC(C(=O)NC(CCCNC(N)=O)C(=O)Nc1ccc(CO)cc1)C(C)C. The largest absolute Gasteiger partial charge is 0.453 e. The van der Waals surface area contributed by atoms with Gasteiger partial charge in [-0.3, -0.25) is 9.59 Å². The minimum Gasteiger partial charge on any atom is -0.453 e. The highest BCUT2D eigenvalue weighted by Gasteiger charge is 2.29. The summed E-state index contributed by atoms with van der Waals surface area (Å²) in [4.78, 5) is 47.9. The van der Waals surface area contributed by atoms with Crippen molar-refractivity contribution in [1.29, 1.82) is 0 Å². The van der Waals surface area contributed by atoms with Crippen LogP contribution in [0.4, 0.5) is 15.3 Å². The van der Waals surface area contributed by atoms with E-state index in [1.165, 1.54) is 7.11 Å². The maximum atomic E-state index is 12.8. The fourth-order valence-electron chi connectivity index (χ4n) is 2.69. The zero-order chi connectivity index (χ0) is 23.4. The molecule has 1 aromatic rings. The van der Waals surface area contributed by atoms with E-state index in [9.17, 15) is 19.2 Å². The number of methoxy groups -OCH3 is 1. The molecule has 0 fully saturated rings. The summed E-state index contributed by atoms with van der Waals surface area (Å²) in [5.41, 5.74) is 6.22. The average Bonchev–Trinajstić information content (AvgIpc) is 2.73. The van der Waals surface area contributed by atoms with Gasteiger partial charge in [0.05, 0.1) is 13.7 Å². The molecule has 0 aliphatic carbocycles. The van der Waals surface area contributed by atoms with E-state index in [0.717, 1.165) is 0 Å². The van der Waals surface area contributed by atoms with Crippen LogP contribution in [-0.4, -0.2) is 54.8 Å². The molecule has 0 aliphatic rings. The molecule has 1 rings (SSSR count). The first-order chi connectivity index (χ1) is 14.7. The number of anilines is 1. The molecule has 0 heterocycles. The Bertz CT molecular complexity index is 753. The summed E-state index contributed by atoms with van der Waals surface area (Å²) in [6.45, 7) is 3.60. The molecule has 1 aromatic carbocycles. The van der Waals surface area contributed by atoms with Crippen LogP contribution in [0.1, 0.15) is 32.3 Å². The molecule has 11 heteroatoms. The van der Waals surface area contributed by atoms with E-state index in [1.807, 2.05) is 0 Å². The van der Waals surface area contributed by atoms with E-state index in [1.54, 1.807) is 38.1 Å². The number of hydrogen-bond acceptors (Lipinski definition) is 6. The summed E-state index contributed by atoms with van der Waals surface area (Å²) < 4.78 is 4.55. The number of benzene rings is 1.